The van der Waals surface area contributed by atoms with E-state index in [9.17, 15) is 0 Å². The number of hydrogen-bond donors (Lipinski definition) is 0. The van der Waals surface area contributed by atoms with Crippen molar-refractivity contribution in [3.8, 4) is 6.07 Å². The van der Waals surface area contributed by atoms with Crippen molar-refractivity contribution in [3.63, 3.8) is 0 Å². The summed E-state index contributed by atoms with van der Waals surface area (Å²) in [5.74, 6) is 0.291. The molecule has 0 N–H and O–H groups in total. The first kappa shape index (κ1) is 26.7. The van der Waals surface area contributed by atoms with Crippen LogP contribution in [0, 0.1) is 11.3 Å². The highest BCUT2D eigenvalue weighted by Crippen LogP contribution is 2.39. The van der Waals surface area contributed by atoms with Crippen molar-refractivity contribution in [1.29, 1.82) is 5.26 Å². The first-order valence-electron chi connectivity index (χ1n) is 12.0. The average Bonchev–Trinajstić information content (AvgIpc) is 2.79. The Morgan fingerprint density at radius 1 is 0.875 bits per heavy atom. The van der Waals surface area contributed by atoms with Gasteiger partial charge in [0.15, 0.2) is 0 Å². The fourth-order valence-corrected chi connectivity index (χ4v) is 5.53. The molecule has 4 heteroatoms. The predicted octanol–water partition coefficient (Wildman–Crippen LogP) is 7.59. The van der Waals surface area contributed by atoms with Crippen molar-refractivity contribution in [2.75, 3.05) is 19.6 Å². The molecule has 1 fully saturated rings. The van der Waals surface area contributed by atoms with Crippen molar-refractivity contribution >= 4 is 23.2 Å². The SMILES string of the molecule is CC#N.CCCN(CCCc1ccc(C2C(Cl)CCCC2Cl)cc1)CCc1ccccc1. The Hall–Kier alpha value is -1.53. The largest absolute Gasteiger partial charge is 0.303 e. The number of aryl methyl sites for hydroxylation is 1. The van der Waals surface area contributed by atoms with E-state index in [0.717, 1.165) is 38.6 Å². The molecule has 0 aliphatic heterocycles. The monoisotopic (exact) mass is 472 g/mol. The van der Waals surface area contributed by atoms with Crippen LogP contribution in [0.1, 0.15) is 68.6 Å². The van der Waals surface area contributed by atoms with E-state index in [2.05, 4.69) is 66.4 Å². The summed E-state index contributed by atoms with van der Waals surface area (Å²) >= 11 is 13.2. The minimum Gasteiger partial charge on any atom is -0.303 e. The average molecular weight is 474 g/mol. The van der Waals surface area contributed by atoms with Gasteiger partial charge in [-0.15, -0.1) is 23.2 Å². The quantitative estimate of drug-likeness (QED) is 0.333. The maximum absolute atomic E-state index is 7.32. The van der Waals surface area contributed by atoms with Crippen LogP contribution < -0.4 is 0 Å². The molecule has 0 aromatic heterocycles. The maximum atomic E-state index is 7.32. The molecule has 0 heterocycles. The van der Waals surface area contributed by atoms with Gasteiger partial charge in [-0.1, -0.05) is 67.9 Å². The summed E-state index contributed by atoms with van der Waals surface area (Å²) in [5.41, 5.74) is 4.16. The van der Waals surface area contributed by atoms with Gasteiger partial charge in [0.25, 0.3) is 0 Å². The number of benzene rings is 2. The van der Waals surface area contributed by atoms with Gasteiger partial charge >= 0.3 is 0 Å². The maximum Gasteiger partial charge on any atom is 0.0587 e. The van der Waals surface area contributed by atoms with Gasteiger partial charge in [0, 0.05) is 30.1 Å². The van der Waals surface area contributed by atoms with Gasteiger partial charge in [-0.3, -0.25) is 0 Å². The Morgan fingerprint density at radius 2 is 1.47 bits per heavy atom. The lowest BCUT2D eigenvalue weighted by atomic mass is 9.83. The van der Waals surface area contributed by atoms with Crippen LogP contribution in [0.2, 0.25) is 0 Å². The predicted molar refractivity (Wildman–Crippen MR) is 139 cm³/mol. The van der Waals surface area contributed by atoms with Crippen LogP contribution in [0.3, 0.4) is 0 Å². The molecule has 2 aromatic rings. The molecule has 0 bridgehead atoms. The van der Waals surface area contributed by atoms with Gasteiger partial charge in [0.1, 0.15) is 0 Å². The van der Waals surface area contributed by atoms with Gasteiger partial charge < -0.3 is 4.90 Å². The normalized spacial score (nSPS) is 20.3. The van der Waals surface area contributed by atoms with Crippen molar-refractivity contribution in [2.45, 2.75) is 75.5 Å². The minimum absolute atomic E-state index is 0.171. The van der Waals surface area contributed by atoms with Gasteiger partial charge in [-0.25, -0.2) is 0 Å². The zero-order valence-electron chi connectivity index (χ0n) is 19.6. The van der Waals surface area contributed by atoms with E-state index < -0.39 is 0 Å². The van der Waals surface area contributed by atoms with E-state index in [-0.39, 0.29) is 10.8 Å². The van der Waals surface area contributed by atoms with Crippen molar-refractivity contribution in [3.05, 3.63) is 71.3 Å². The lowest BCUT2D eigenvalue weighted by Gasteiger charge is -2.32. The fourth-order valence-electron chi connectivity index (χ4n) is 4.51. The molecular formula is C28H38Cl2N2. The molecule has 2 unspecified atom stereocenters. The smallest absolute Gasteiger partial charge is 0.0587 e. The Balaban J connectivity index is 0.00000114. The molecule has 0 spiro atoms. The second-order valence-electron chi connectivity index (χ2n) is 8.63. The van der Waals surface area contributed by atoms with Crippen LogP contribution >= 0.6 is 23.2 Å². The Bertz CT molecular complexity index is 775. The summed E-state index contributed by atoms with van der Waals surface area (Å²) in [5, 5.41) is 7.66. The van der Waals surface area contributed by atoms with Crippen molar-refractivity contribution < 1.29 is 0 Å². The highest BCUT2D eigenvalue weighted by molar-refractivity contribution is 6.24. The summed E-state index contributed by atoms with van der Waals surface area (Å²) in [7, 11) is 0. The molecule has 0 amide bonds. The van der Waals surface area contributed by atoms with E-state index in [0.29, 0.717) is 5.92 Å². The van der Waals surface area contributed by atoms with E-state index in [1.807, 2.05) is 0 Å². The van der Waals surface area contributed by atoms with E-state index in [1.54, 1.807) is 6.07 Å². The van der Waals surface area contributed by atoms with Crippen LogP contribution in [0.25, 0.3) is 0 Å². The zero-order valence-corrected chi connectivity index (χ0v) is 21.2. The molecule has 0 radical (unpaired) electrons. The zero-order chi connectivity index (χ0) is 23.2. The molecule has 174 valence electrons. The van der Waals surface area contributed by atoms with Gasteiger partial charge in [0.2, 0.25) is 0 Å². The third-order valence-corrected chi connectivity index (χ3v) is 7.12. The summed E-state index contributed by atoms with van der Waals surface area (Å²) in [6, 6.07) is 21.7. The van der Waals surface area contributed by atoms with Crippen LogP contribution in [0.5, 0.6) is 0 Å². The number of halogens is 2. The summed E-state index contributed by atoms with van der Waals surface area (Å²) in [6.07, 6.45) is 7.98. The number of alkyl halides is 2. The number of rotatable bonds is 10. The lowest BCUT2D eigenvalue weighted by molar-refractivity contribution is 0.274. The Morgan fingerprint density at radius 3 is 2.06 bits per heavy atom. The van der Waals surface area contributed by atoms with E-state index >= 15 is 0 Å². The minimum atomic E-state index is 0.171. The third-order valence-electron chi connectivity index (χ3n) is 6.14. The summed E-state index contributed by atoms with van der Waals surface area (Å²) in [6.45, 7) is 7.20. The molecule has 1 aliphatic rings. The molecule has 3 rings (SSSR count). The third kappa shape index (κ3) is 9.14. The van der Waals surface area contributed by atoms with Gasteiger partial charge in [-0.05, 0) is 68.3 Å². The van der Waals surface area contributed by atoms with Crippen LogP contribution in [0.4, 0.5) is 0 Å². The Labute approximate surface area is 205 Å². The number of hydrogen-bond acceptors (Lipinski definition) is 2. The van der Waals surface area contributed by atoms with Gasteiger partial charge in [0.05, 0.1) is 6.07 Å². The molecular weight excluding hydrogens is 435 g/mol. The fraction of sp³-hybridized carbons (Fsp3) is 0.536. The molecule has 2 nitrogen and oxygen atoms in total. The van der Waals surface area contributed by atoms with Crippen LogP contribution in [0.15, 0.2) is 54.6 Å². The first-order valence-corrected chi connectivity index (χ1v) is 12.9. The molecule has 1 aliphatic carbocycles. The van der Waals surface area contributed by atoms with Crippen LogP contribution in [-0.2, 0) is 12.8 Å². The first-order chi connectivity index (χ1) is 15.6. The second-order valence-corrected chi connectivity index (χ2v) is 9.76. The molecule has 32 heavy (non-hydrogen) atoms. The van der Waals surface area contributed by atoms with Crippen molar-refractivity contribution in [2.24, 2.45) is 0 Å². The van der Waals surface area contributed by atoms with Gasteiger partial charge in [-0.2, -0.15) is 5.26 Å². The summed E-state index contributed by atoms with van der Waals surface area (Å²) in [4.78, 5) is 2.61. The number of nitrogens with zero attached hydrogens (tertiary/aromatic N) is 2. The second kappa shape index (κ2) is 15.3. The summed E-state index contributed by atoms with van der Waals surface area (Å²) < 4.78 is 0. The van der Waals surface area contributed by atoms with Crippen molar-refractivity contribution in [1.82, 2.24) is 4.90 Å². The molecule has 0 saturated heterocycles. The number of nitriles is 1. The molecule has 1 saturated carbocycles. The molecule has 2 aromatic carbocycles. The molecule has 2 atom stereocenters. The van der Waals surface area contributed by atoms with E-state index in [1.165, 1.54) is 49.5 Å². The standard InChI is InChI=1S/C26H35Cl2N.C2H3N/c1-2-18-29(20-17-21-8-4-3-5-9-21)19-7-10-22-13-15-23(16-14-22)26-24(27)11-6-12-25(26)28;1-2-3/h3-5,8-9,13-16,24-26H,2,6-7,10-12,17-20H2,1H3;1H3. The van der Waals surface area contributed by atoms with E-state index in [4.69, 9.17) is 28.5 Å². The Kier molecular flexibility index (Phi) is 12.8. The highest BCUT2D eigenvalue weighted by atomic mass is 35.5. The lowest BCUT2D eigenvalue weighted by Crippen LogP contribution is -2.28. The van der Waals surface area contributed by atoms with Crippen LogP contribution in [-0.4, -0.2) is 35.3 Å². The highest BCUT2D eigenvalue weighted by Gasteiger charge is 2.31. The topological polar surface area (TPSA) is 27.0 Å².